The number of carbonyl (C=O) groups excluding carboxylic acids is 2. The average molecular weight is 495 g/mol. The molecule has 2 N–H and O–H groups in total. The zero-order chi connectivity index (χ0) is 25.9. The second-order valence-electron chi connectivity index (χ2n) is 7.30. The zero-order valence-corrected chi connectivity index (χ0v) is 19.7. The van der Waals surface area contributed by atoms with E-state index in [0.29, 0.717) is 17.1 Å². The lowest BCUT2D eigenvalue weighted by Gasteiger charge is -2.13. The van der Waals surface area contributed by atoms with Crippen molar-refractivity contribution in [3.8, 4) is 17.2 Å². The summed E-state index contributed by atoms with van der Waals surface area (Å²) in [5.74, 6) is -0.496. The van der Waals surface area contributed by atoms with Crippen LogP contribution in [0.5, 0.6) is 17.2 Å². The lowest BCUT2D eigenvalue weighted by atomic mass is 10.1. The second-order valence-corrected chi connectivity index (χ2v) is 7.30. The van der Waals surface area contributed by atoms with Crippen LogP contribution in [0.4, 0.5) is 17.1 Å². The molecule has 0 saturated heterocycles. The zero-order valence-electron chi connectivity index (χ0n) is 19.7. The number of nitrogens with one attached hydrogen (secondary N) is 2. The number of benzene rings is 3. The van der Waals surface area contributed by atoms with Crippen molar-refractivity contribution in [2.24, 2.45) is 0 Å². The van der Waals surface area contributed by atoms with Gasteiger partial charge in [-0.25, -0.2) is 0 Å². The Labute approximate surface area is 207 Å². The van der Waals surface area contributed by atoms with Crippen molar-refractivity contribution in [3.05, 3.63) is 82.4 Å². The molecule has 0 aromatic heterocycles. The van der Waals surface area contributed by atoms with E-state index in [1.165, 1.54) is 26.4 Å². The first kappa shape index (κ1) is 26.0. The highest BCUT2D eigenvalue weighted by atomic mass is 16.6. The highest BCUT2D eigenvalue weighted by Crippen LogP contribution is 2.35. The maximum atomic E-state index is 12.9. The quantitative estimate of drug-likeness (QED) is 0.219. The molecule has 11 heteroatoms. The summed E-state index contributed by atoms with van der Waals surface area (Å²) in [6.07, 6.45) is 0. The molecule has 0 aliphatic heterocycles. The van der Waals surface area contributed by atoms with Crippen LogP contribution >= 0.6 is 0 Å². The molecule has 0 aliphatic rings. The lowest BCUT2D eigenvalue weighted by molar-refractivity contribution is -0.385. The molecule has 0 bridgehead atoms. The minimum absolute atomic E-state index is 0.113. The molecule has 0 heterocycles. The Morgan fingerprint density at radius 3 is 2.31 bits per heavy atom. The Kier molecular flexibility index (Phi) is 9.18. The van der Waals surface area contributed by atoms with Crippen molar-refractivity contribution < 1.29 is 33.5 Å². The van der Waals surface area contributed by atoms with Gasteiger partial charge in [-0.3, -0.25) is 19.7 Å². The van der Waals surface area contributed by atoms with Gasteiger partial charge in [0.2, 0.25) is 0 Å². The molecule has 11 nitrogen and oxygen atoms in total. The standard InChI is InChI=1S/C25H25N3O8/c1-33-11-12-35-23-15-21(28(31)32)20(14-22(23)34-2)25(30)27-18-9-6-10-19(13-18)36-16-24(29)26-17-7-4-3-5-8-17/h3-10,13-15H,11-12,16H2,1-2H3,(H,26,29)(H,27,30). The van der Waals surface area contributed by atoms with Crippen LogP contribution in [0, 0.1) is 10.1 Å². The monoisotopic (exact) mass is 495 g/mol. The number of hydrogen-bond donors (Lipinski definition) is 2. The maximum absolute atomic E-state index is 12.9. The molecule has 36 heavy (non-hydrogen) atoms. The summed E-state index contributed by atoms with van der Waals surface area (Å²) in [4.78, 5) is 36.0. The van der Waals surface area contributed by atoms with E-state index in [9.17, 15) is 19.7 Å². The Morgan fingerprint density at radius 2 is 1.61 bits per heavy atom. The topological polar surface area (TPSA) is 138 Å². The Hall–Kier alpha value is -4.64. The fourth-order valence-corrected chi connectivity index (χ4v) is 3.12. The van der Waals surface area contributed by atoms with E-state index < -0.39 is 16.5 Å². The first-order chi connectivity index (χ1) is 17.4. The van der Waals surface area contributed by atoms with Crippen LogP contribution in [0.2, 0.25) is 0 Å². The number of methoxy groups -OCH3 is 2. The normalized spacial score (nSPS) is 10.3. The Bertz CT molecular complexity index is 1220. The van der Waals surface area contributed by atoms with E-state index in [0.717, 1.165) is 6.07 Å². The fraction of sp³-hybridized carbons (Fsp3) is 0.200. The molecule has 3 aromatic carbocycles. The summed E-state index contributed by atoms with van der Waals surface area (Å²) >= 11 is 0. The van der Waals surface area contributed by atoms with E-state index >= 15 is 0 Å². The van der Waals surface area contributed by atoms with Crippen LogP contribution in [0.1, 0.15) is 10.4 Å². The van der Waals surface area contributed by atoms with Gasteiger partial charge in [-0.05, 0) is 24.3 Å². The van der Waals surface area contributed by atoms with Gasteiger partial charge in [0.15, 0.2) is 18.1 Å². The summed E-state index contributed by atoms with van der Waals surface area (Å²) in [5, 5.41) is 16.9. The van der Waals surface area contributed by atoms with E-state index in [1.54, 1.807) is 42.5 Å². The fourth-order valence-electron chi connectivity index (χ4n) is 3.12. The number of amides is 2. The van der Waals surface area contributed by atoms with Gasteiger partial charge >= 0.3 is 0 Å². The van der Waals surface area contributed by atoms with E-state index in [1.807, 2.05) is 6.07 Å². The third-order valence-corrected chi connectivity index (χ3v) is 4.79. The van der Waals surface area contributed by atoms with E-state index in [4.69, 9.17) is 18.9 Å². The molecular weight excluding hydrogens is 470 g/mol. The summed E-state index contributed by atoms with van der Waals surface area (Å²) in [6, 6.07) is 17.6. The summed E-state index contributed by atoms with van der Waals surface area (Å²) in [5.41, 5.74) is 0.282. The number of nitro benzene ring substituents is 1. The van der Waals surface area contributed by atoms with Crippen LogP contribution in [0.3, 0.4) is 0 Å². The van der Waals surface area contributed by atoms with Crippen LogP contribution in [-0.2, 0) is 9.53 Å². The number of nitrogens with zero attached hydrogens (tertiary/aromatic N) is 1. The molecule has 2 amide bonds. The largest absolute Gasteiger partial charge is 0.493 e. The molecule has 0 atom stereocenters. The number of ether oxygens (including phenoxy) is 4. The minimum atomic E-state index is -0.734. The maximum Gasteiger partial charge on any atom is 0.286 e. The number of rotatable bonds is 12. The predicted octanol–water partition coefficient (Wildman–Crippen LogP) is 3.90. The predicted molar refractivity (Wildman–Crippen MR) is 132 cm³/mol. The van der Waals surface area contributed by atoms with Crippen LogP contribution in [0.25, 0.3) is 0 Å². The Balaban J connectivity index is 1.70. The molecule has 0 saturated carbocycles. The van der Waals surface area contributed by atoms with Crippen LogP contribution in [-0.4, -0.2) is 50.8 Å². The smallest absolute Gasteiger partial charge is 0.286 e. The number of hydrogen-bond acceptors (Lipinski definition) is 8. The Morgan fingerprint density at radius 1 is 0.861 bits per heavy atom. The number of nitro groups is 1. The van der Waals surface area contributed by atoms with Crippen molar-refractivity contribution >= 4 is 28.9 Å². The summed E-state index contributed by atoms with van der Waals surface area (Å²) in [6.45, 7) is 0.163. The summed E-state index contributed by atoms with van der Waals surface area (Å²) in [7, 11) is 2.86. The molecule has 0 fully saturated rings. The first-order valence-electron chi connectivity index (χ1n) is 10.8. The SMILES string of the molecule is COCCOc1cc([N+](=O)[O-])c(C(=O)Nc2cccc(OCC(=O)Nc3ccccc3)c2)cc1OC. The van der Waals surface area contributed by atoms with E-state index in [2.05, 4.69) is 10.6 Å². The van der Waals surface area contributed by atoms with Crippen molar-refractivity contribution in [2.45, 2.75) is 0 Å². The van der Waals surface area contributed by atoms with Crippen molar-refractivity contribution in [3.63, 3.8) is 0 Å². The van der Waals surface area contributed by atoms with Gasteiger partial charge in [-0.1, -0.05) is 24.3 Å². The molecular formula is C25H25N3O8. The molecule has 0 radical (unpaired) electrons. The van der Waals surface area contributed by atoms with Gasteiger partial charge in [0, 0.05) is 30.6 Å². The highest BCUT2D eigenvalue weighted by molar-refractivity contribution is 6.07. The number of anilines is 2. The van der Waals surface area contributed by atoms with E-state index in [-0.39, 0.29) is 42.8 Å². The molecule has 0 unspecified atom stereocenters. The number of carbonyl (C=O) groups is 2. The molecule has 3 aromatic rings. The molecule has 0 spiro atoms. The van der Waals surface area contributed by atoms with Gasteiger partial charge in [0.05, 0.1) is 24.7 Å². The number of para-hydroxylation sites is 1. The van der Waals surface area contributed by atoms with Crippen molar-refractivity contribution in [1.29, 1.82) is 0 Å². The van der Waals surface area contributed by atoms with Crippen molar-refractivity contribution in [2.75, 3.05) is 44.7 Å². The van der Waals surface area contributed by atoms with Gasteiger partial charge in [-0.2, -0.15) is 0 Å². The third kappa shape index (κ3) is 7.18. The molecule has 3 rings (SSSR count). The van der Waals surface area contributed by atoms with Crippen molar-refractivity contribution in [1.82, 2.24) is 0 Å². The minimum Gasteiger partial charge on any atom is -0.493 e. The second kappa shape index (κ2) is 12.7. The molecule has 0 aliphatic carbocycles. The lowest BCUT2D eigenvalue weighted by Crippen LogP contribution is -2.20. The van der Waals surface area contributed by atoms with Gasteiger partial charge < -0.3 is 29.6 Å². The molecule has 188 valence electrons. The average Bonchev–Trinajstić information content (AvgIpc) is 2.88. The summed E-state index contributed by atoms with van der Waals surface area (Å²) < 4.78 is 21.1. The first-order valence-corrected chi connectivity index (χ1v) is 10.8. The van der Waals surface area contributed by atoms with Crippen LogP contribution < -0.4 is 24.8 Å². The highest BCUT2D eigenvalue weighted by Gasteiger charge is 2.25. The van der Waals surface area contributed by atoms with Gasteiger partial charge in [0.1, 0.15) is 17.9 Å². The van der Waals surface area contributed by atoms with Crippen LogP contribution in [0.15, 0.2) is 66.7 Å². The van der Waals surface area contributed by atoms with Gasteiger partial charge in [-0.15, -0.1) is 0 Å². The third-order valence-electron chi connectivity index (χ3n) is 4.79. The van der Waals surface area contributed by atoms with Gasteiger partial charge in [0.25, 0.3) is 17.5 Å².